The van der Waals surface area contributed by atoms with Crippen LogP contribution in [0.15, 0.2) is 152 Å². The minimum Gasteiger partial charge on any atom is -0.305 e. The van der Waals surface area contributed by atoms with Crippen molar-refractivity contribution < 1.29 is 0 Å². The maximum atomic E-state index is 8.56. The highest BCUT2D eigenvalue weighted by molar-refractivity contribution is 5.43. The number of hydrogen-bond acceptors (Lipinski definition) is 0. The lowest BCUT2D eigenvalue weighted by atomic mass is 9.74. The first-order valence-electron chi connectivity index (χ1n) is 15.6. The van der Waals surface area contributed by atoms with Crippen LogP contribution in [0.5, 0.6) is 0 Å². The fourth-order valence-electron chi connectivity index (χ4n) is 6.75. The smallest absolute Gasteiger partial charge is 0.282 e. The predicted octanol–water partition coefficient (Wildman–Crippen LogP) is 10.9. The first-order valence-corrected chi connectivity index (χ1v) is 15.6. The van der Waals surface area contributed by atoms with Gasteiger partial charge in [-0.1, -0.05) is 152 Å². The third-order valence-corrected chi connectivity index (χ3v) is 9.17. The van der Waals surface area contributed by atoms with Gasteiger partial charge < -0.3 is 4.85 Å². The summed E-state index contributed by atoms with van der Waals surface area (Å²) < 4.78 is 0. The summed E-state index contributed by atoms with van der Waals surface area (Å²) in [5.74, 6) is 0. The molecule has 0 spiro atoms. The molecule has 5 aromatic rings. The first kappa shape index (κ1) is 31.0. The molecule has 0 atom stereocenters. The van der Waals surface area contributed by atoms with Gasteiger partial charge in [0.15, 0.2) is 0 Å². The molecule has 3 heteroatoms. The molecule has 0 aliphatic rings. The molecule has 0 radical (unpaired) electrons. The average molecular weight is 584 g/mol. The van der Waals surface area contributed by atoms with E-state index in [-0.39, 0.29) is 0 Å². The van der Waals surface area contributed by atoms with Crippen LogP contribution in [-0.2, 0) is 16.6 Å². The van der Waals surface area contributed by atoms with Crippen molar-refractivity contribution in [1.82, 2.24) is 0 Å². The number of nitrogens with zero attached hydrogens (tertiary/aromatic N) is 3. The van der Waals surface area contributed by atoms with E-state index in [2.05, 4.69) is 26.7 Å². The van der Waals surface area contributed by atoms with E-state index in [1.165, 1.54) is 0 Å². The van der Waals surface area contributed by atoms with Gasteiger partial charge in [-0.3, -0.25) is 9.69 Å². The fraction of sp³-hybridized carbons (Fsp3) is 0.214. The van der Waals surface area contributed by atoms with Crippen molar-refractivity contribution >= 4 is 0 Å². The van der Waals surface area contributed by atoms with Crippen molar-refractivity contribution in [3.05, 3.63) is 214 Å². The lowest BCUT2D eigenvalue weighted by Gasteiger charge is -2.28. The molecule has 5 rings (SSSR count). The molecule has 3 nitrogen and oxygen atoms in total. The summed E-state index contributed by atoms with van der Waals surface area (Å²) in [5, 5.41) is 0. The summed E-state index contributed by atoms with van der Waals surface area (Å²) in [4.78, 5) is 12.9. The third-order valence-electron chi connectivity index (χ3n) is 9.17. The van der Waals surface area contributed by atoms with E-state index in [0.717, 1.165) is 27.8 Å². The number of hydrogen-bond donors (Lipinski definition) is 0. The normalized spacial score (nSPS) is 11.6. The van der Waals surface area contributed by atoms with Crippen LogP contribution in [0, 0.1) is 19.7 Å². The van der Waals surface area contributed by atoms with Crippen molar-refractivity contribution in [3.63, 3.8) is 0 Å². The Labute approximate surface area is 268 Å². The van der Waals surface area contributed by atoms with Gasteiger partial charge in [-0.15, -0.1) is 0 Å². The Balaban J connectivity index is 1.45. The predicted molar refractivity (Wildman–Crippen MR) is 183 cm³/mol. The lowest BCUT2D eigenvalue weighted by Crippen LogP contribution is -2.28. The molecule has 0 amide bonds. The van der Waals surface area contributed by atoms with Crippen molar-refractivity contribution in [2.24, 2.45) is 0 Å². The molecule has 0 aromatic heterocycles. The van der Waals surface area contributed by atoms with Gasteiger partial charge in [-0.05, 0) is 12.8 Å². The van der Waals surface area contributed by atoms with Crippen molar-refractivity contribution in [2.75, 3.05) is 0 Å². The first-order chi connectivity index (χ1) is 22.1. The molecule has 0 heterocycles. The molecule has 0 bridgehead atoms. The second-order valence-electron chi connectivity index (χ2n) is 11.6. The van der Waals surface area contributed by atoms with Crippen molar-refractivity contribution in [1.29, 1.82) is 0 Å². The summed E-state index contributed by atoms with van der Waals surface area (Å²) >= 11 is 0. The van der Waals surface area contributed by atoms with Crippen LogP contribution in [-0.4, -0.2) is 0 Å². The van der Waals surface area contributed by atoms with Gasteiger partial charge in [0.25, 0.3) is 16.6 Å². The molecule has 5 aromatic carbocycles. The minimum atomic E-state index is -0.827. The average Bonchev–Trinajstić information content (AvgIpc) is 3.13. The standard InChI is InChI=1S/C42H37N3/c1-43-40(35-21-9-4-10-22-35,31-19-33-41(44-2,36-23-11-5-12-24-36)37-25-13-6-14-26-37)32-20-34-42(45-3,38-27-15-7-16-28-38)39-29-17-8-18-30-39/h4-18,21-30H,19-20,31-34H2. The van der Waals surface area contributed by atoms with Crippen LogP contribution < -0.4 is 0 Å². The highest BCUT2D eigenvalue weighted by Crippen LogP contribution is 2.45. The van der Waals surface area contributed by atoms with E-state index in [0.29, 0.717) is 38.5 Å². The molecule has 0 fully saturated rings. The minimum absolute atomic E-state index is 0.606. The Morgan fingerprint density at radius 1 is 0.333 bits per heavy atom. The van der Waals surface area contributed by atoms with Crippen LogP contribution in [0.25, 0.3) is 14.5 Å². The Bertz CT molecular complexity index is 1580. The Morgan fingerprint density at radius 3 is 0.844 bits per heavy atom. The van der Waals surface area contributed by atoms with Gasteiger partial charge in [0.2, 0.25) is 0 Å². The maximum Gasteiger partial charge on any atom is 0.282 e. The number of benzene rings is 5. The van der Waals surface area contributed by atoms with E-state index < -0.39 is 16.6 Å². The van der Waals surface area contributed by atoms with Crippen molar-refractivity contribution in [2.45, 2.75) is 55.1 Å². The zero-order chi connectivity index (χ0) is 31.4. The van der Waals surface area contributed by atoms with Gasteiger partial charge >= 0.3 is 0 Å². The molecule has 220 valence electrons. The third kappa shape index (κ3) is 6.43. The zero-order valence-electron chi connectivity index (χ0n) is 25.5. The quantitative estimate of drug-likeness (QED) is 0.122. The summed E-state index contributed by atoms with van der Waals surface area (Å²) in [7, 11) is 0. The summed E-state index contributed by atoms with van der Waals surface area (Å²) in [6.45, 7) is 25.4. The van der Waals surface area contributed by atoms with Crippen LogP contribution in [0.1, 0.15) is 66.3 Å². The van der Waals surface area contributed by atoms with E-state index in [9.17, 15) is 0 Å². The van der Waals surface area contributed by atoms with Gasteiger partial charge in [-0.2, -0.15) is 0 Å². The Morgan fingerprint density at radius 2 is 0.600 bits per heavy atom. The van der Waals surface area contributed by atoms with E-state index >= 15 is 0 Å². The van der Waals surface area contributed by atoms with E-state index in [4.69, 9.17) is 19.7 Å². The van der Waals surface area contributed by atoms with Crippen LogP contribution >= 0.6 is 0 Å². The van der Waals surface area contributed by atoms with Crippen LogP contribution in [0.3, 0.4) is 0 Å². The molecule has 0 N–H and O–H groups in total. The fourth-order valence-corrected chi connectivity index (χ4v) is 6.75. The monoisotopic (exact) mass is 583 g/mol. The molecule has 0 saturated carbocycles. The molecular formula is C42H37N3. The largest absolute Gasteiger partial charge is 0.305 e. The van der Waals surface area contributed by atoms with Crippen LogP contribution in [0.4, 0.5) is 0 Å². The van der Waals surface area contributed by atoms with Crippen molar-refractivity contribution in [3.8, 4) is 0 Å². The maximum absolute atomic E-state index is 8.56. The SMILES string of the molecule is [C-]#[N+]C(CCCC([N+]#[C-])(c1ccccc1)c1ccccc1)(CCCC([N+]#[C-])(c1ccccc1)c1ccccc1)c1ccccc1. The number of rotatable bonds is 13. The second kappa shape index (κ2) is 14.4. The second-order valence-corrected chi connectivity index (χ2v) is 11.6. The highest BCUT2D eigenvalue weighted by Gasteiger charge is 2.46. The van der Waals surface area contributed by atoms with Gasteiger partial charge in [0, 0.05) is 53.5 Å². The Hall–Kier alpha value is -5.43. The molecule has 0 unspecified atom stereocenters. The van der Waals surface area contributed by atoms with E-state index in [1.807, 2.05) is 140 Å². The molecular weight excluding hydrogens is 546 g/mol. The lowest BCUT2D eigenvalue weighted by molar-refractivity contribution is 0.378. The van der Waals surface area contributed by atoms with Gasteiger partial charge in [0.05, 0.1) is 0 Å². The molecule has 45 heavy (non-hydrogen) atoms. The molecule has 0 aliphatic carbocycles. The zero-order valence-corrected chi connectivity index (χ0v) is 25.5. The topological polar surface area (TPSA) is 13.1 Å². The highest BCUT2D eigenvalue weighted by atomic mass is 14.8. The van der Waals surface area contributed by atoms with Gasteiger partial charge in [-0.25, -0.2) is 19.7 Å². The van der Waals surface area contributed by atoms with Gasteiger partial charge in [0.1, 0.15) is 0 Å². The van der Waals surface area contributed by atoms with Crippen LogP contribution in [0.2, 0.25) is 0 Å². The molecule has 0 aliphatic heterocycles. The summed E-state index contributed by atoms with van der Waals surface area (Å²) in [5.41, 5.74) is 2.50. The summed E-state index contributed by atoms with van der Waals surface area (Å²) in [6.07, 6.45) is 3.87. The Kier molecular flexibility index (Phi) is 9.90. The van der Waals surface area contributed by atoms with E-state index in [1.54, 1.807) is 0 Å². The summed E-state index contributed by atoms with van der Waals surface area (Å²) in [6, 6.07) is 50.4. The molecule has 0 saturated heterocycles.